The summed E-state index contributed by atoms with van der Waals surface area (Å²) in [5, 5.41) is 8.63. The van der Waals surface area contributed by atoms with Crippen molar-refractivity contribution in [1.82, 2.24) is 0 Å². The number of hydrogen-bond donors (Lipinski definition) is 2. The van der Waals surface area contributed by atoms with Crippen molar-refractivity contribution in [2.24, 2.45) is 0 Å². The fourth-order valence-corrected chi connectivity index (χ4v) is 2.14. The number of hydrogen-bond acceptors (Lipinski definition) is 3. The largest absolute Gasteiger partial charge is 0.399 e. The molecular weight excluding hydrogens is 186 g/mol. The van der Waals surface area contributed by atoms with Gasteiger partial charge < -0.3 is 10.8 Å². The van der Waals surface area contributed by atoms with Gasteiger partial charge in [-0.2, -0.15) is 0 Å². The highest BCUT2D eigenvalue weighted by Crippen LogP contribution is 2.16. The van der Waals surface area contributed by atoms with E-state index in [9.17, 15) is 4.21 Å². The van der Waals surface area contributed by atoms with Crippen molar-refractivity contribution < 1.29 is 9.32 Å². The lowest BCUT2D eigenvalue weighted by Gasteiger charge is -2.05. The molecule has 0 aliphatic rings. The maximum absolute atomic E-state index is 11.5. The van der Waals surface area contributed by atoms with Gasteiger partial charge >= 0.3 is 0 Å². The Kier molecular flexibility index (Phi) is 3.45. The van der Waals surface area contributed by atoms with E-state index in [0.29, 0.717) is 10.6 Å². The highest BCUT2D eigenvalue weighted by atomic mass is 32.2. The summed E-state index contributed by atoms with van der Waals surface area (Å²) in [4.78, 5) is 0.717. The quantitative estimate of drug-likeness (QED) is 0.703. The minimum atomic E-state index is -1.14. The molecule has 1 aromatic rings. The lowest BCUT2D eigenvalue weighted by molar-refractivity contribution is 0.321. The third-order valence-electron chi connectivity index (χ3n) is 1.73. The van der Waals surface area contributed by atoms with Gasteiger partial charge in [-0.15, -0.1) is 0 Å². The molecule has 1 aromatic carbocycles. The molecule has 72 valence electrons. The summed E-state index contributed by atoms with van der Waals surface area (Å²) in [6.07, 6.45) is 0. The molecule has 0 saturated heterocycles. The van der Waals surface area contributed by atoms with E-state index < -0.39 is 10.8 Å². The summed E-state index contributed by atoms with van der Waals surface area (Å²) >= 11 is 0. The molecule has 0 fully saturated rings. The Balaban J connectivity index is 2.99. The maximum atomic E-state index is 11.5. The molecule has 1 rings (SSSR count). The van der Waals surface area contributed by atoms with Crippen LogP contribution in [0.3, 0.4) is 0 Å². The SMILES string of the molecule is Cc1ccc(N)cc1S(=O)CCO. The predicted octanol–water partition coefficient (Wildman–Crippen LogP) is 0.677. The Morgan fingerprint density at radius 3 is 2.85 bits per heavy atom. The zero-order chi connectivity index (χ0) is 9.84. The van der Waals surface area contributed by atoms with E-state index in [1.807, 2.05) is 13.0 Å². The standard InChI is InChI=1S/C9H13NO2S/c1-7-2-3-8(10)6-9(7)13(12)5-4-11/h2-3,6,11H,4-5,10H2,1H3. The number of anilines is 1. The normalized spacial score (nSPS) is 12.8. The number of benzene rings is 1. The molecule has 1 atom stereocenters. The Hall–Kier alpha value is -0.870. The lowest BCUT2D eigenvalue weighted by Crippen LogP contribution is -2.04. The molecule has 4 heteroatoms. The van der Waals surface area contributed by atoms with Crippen LogP contribution in [0.1, 0.15) is 5.56 Å². The first-order valence-corrected chi connectivity index (χ1v) is 5.32. The molecule has 1 unspecified atom stereocenters. The summed E-state index contributed by atoms with van der Waals surface area (Å²) < 4.78 is 11.5. The smallest absolute Gasteiger partial charge is 0.0556 e. The summed E-state index contributed by atoms with van der Waals surface area (Å²) in [5.74, 6) is 0.268. The van der Waals surface area contributed by atoms with Gasteiger partial charge in [0.2, 0.25) is 0 Å². The third kappa shape index (κ3) is 2.54. The molecule has 0 radical (unpaired) electrons. The van der Waals surface area contributed by atoms with Gasteiger partial charge in [0.1, 0.15) is 0 Å². The summed E-state index contributed by atoms with van der Waals surface area (Å²) in [6, 6.07) is 5.30. The van der Waals surface area contributed by atoms with Crippen LogP contribution in [0.5, 0.6) is 0 Å². The van der Waals surface area contributed by atoms with Crippen LogP contribution < -0.4 is 5.73 Å². The van der Waals surface area contributed by atoms with Gasteiger partial charge in [-0.05, 0) is 24.6 Å². The fourth-order valence-electron chi connectivity index (χ4n) is 1.05. The molecule has 0 aromatic heterocycles. The van der Waals surface area contributed by atoms with Crippen LogP contribution in [0.15, 0.2) is 23.1 Å². The molecule has 0 spiro atoms. The van der Waals surface area contributed by atoms with Gasteiger partial charge in [0.15, 0.2) is 0 Å². The summed E-state index contributed by atoms with van der Waals surface area (Å²) in [7, 11) is -1.14. The van der Waals surface area contributed by atoms with Crippen LogP contribution in [0, 0.1) is 6.92 Å². The van der Waals surface area contributed by atoms with Crippen molar-refractivity contribution in [2.45, 2.75) is 11.8 Å². The van der Waals surface area contributed by atoms with E-state index in [-0.39, 0.29) is 12.4 Å². The second kappa shape index (κ2) is 4.39. The first-order chi connectivity index (χ1) is 6.15. The molecule has 0 aliphatic carbocycles. The van der Waals surface area contributed by atoms with E-state index in [0.717, 1.165) is 5.56 Å². The first kappa shape index (κ1) is 10.2. The molecule has 0 amide bonds. The predicted molar refractivity (Wildman–Crippen MR) is 54.0 cm³/mol. The molecule has 0 heterocycles. The average Bonchev–Trinajstić information content (AvgIpc) is 2.09. The van der Waals surface area contributed by atoms with Crippen LogP contribution in [0.25, 0.3) is 0 Å². The Labute approximate surface area is 80.0 Å². The Bertz CT molecular complexity index is 325. The average molecular weight is 199 g/mol. The minimum Gasteiger partial charge on any atom is -0.399 e. The second-order valence-electron chi connectivity index (χ2n) is 2.80. The van der Waals surface area contributed by atoms with Crippen molar-refractivity contribution >= 4 is 16.5 Å². The van der Waals surface area contributed by atoms with E-state index in [1.165, 1.54) is 0 Å². The molecule has 3 N–H and O–H groups in total. The molecule has 0 aliphatic heterocycles. The molecular formula is C9H13NO2S. The van der Waals surface area contributed by atoms with Crippen molar-refractivity contribution in [3.63, 3.8) is 0 Å². The van der Waals surface area contributed by atoms with E-state index in [4.69, 9.17) is 10.8 Å². The van der Waals surface area contributed by atoms with Gasteiger partial charge in [0.05, 0.1) is 23.2 Å². The van der Waals surface area contributed by atoms with Gasteiger partial charge in [-0.25, -0.2) is 0 Å². The van der Waals surface area contributed by atoms with Crippen LogP contribution >= 0.6 is 0 Å². The molecule has 0 saturated carbocycles. The van der Waals surface area contributed by atoms with Crippen LogP contribution in [-0.4, -0.2) is 21.7 Å². The molecule has 13 heavy (non-hydrogen) atoms. The van der Waals surface area contributed by atoms with Gasteiger partial charge in [0, 0.05) is 10.6 Å². The topological polar surface area (TPSA) is 63.3 Å². The van der Waals surface area contributed by atoms with Crippen LogP contribution in [-0.2, 0) is 10.8 Å². The summed E-state index contributed by atoms with van der Waals surface area (Å²) in [6.45, 7) is 1.81. The maximum Gasteiger partial charge on any atom is 0.0556 e. The lowest BCUT2D eigenvalue weighted by atomic mass is 10.2. The minimum absolute atomic E-state index is 0.0686. The van der Waals surface area contributed by atoms with Crippen LogP contribution in [0.2, 0.25) is 0 Å². The first-order valence-electron chi connectivity index (χ1n) is 4.00. The highest BCUT2D eigenvalue weighted by Gasteiger charge is 2.06. The van der Waals surface area contributed by atoms with E-state index >= 15 is 0 Å². The van der Waals surface area contributed by atoms with Crippen molar-refractivity contribution in [3.8, 4) is 0 Å². The number of aliphatic hydroxyl groups excluding tert-OH is 1. The Morgan fingerprint density at radius 1 is 1.54 bits per heavy atom. The number of aryl methyl sites for hydroxylation is 1. The van der Waals surface area contributed by atoms with Gasteiger partial charge in [-0.3, -0.25) is 4.21 Å². The van der Waals surface area contributed by atoms with Crippen molar-refractivity contribution in [2.75, 3.05) is 18.1 Å². The zero-order valence-electron chi connectivity index (χ0n) is 7.49. The third-order valence-corrected chi connectivity index (χ3v) is 3.22. The number of rotatable bonds is 3. The van der Waals surface area contributed by atoms with Crippen LogP contribution in [0.4, 0.5) is 5.69 Å². The Morgan fingerprint density at radius 2 is 2.23 bits per heavy atom. The summed E-state index contributed by atoms with van der Waals surface area (Å²) in [5.41, 5.74) is 7.11. The van der Waals surface area contributed by atoms with Gasteiger partial charge in [-0.1, -0.05) is 6.07 Å². The van der Waals surface area contributed by atoms with Crippen molar-refractivity contribution in [3.05, 3.63) is 23.8 Å². The molecule has 0 bridgehead atoms. The highest BCUT2D eigenvalue weighted by molar-refractivity contribution is 7.85. The van der Waals surface area contributed by atoms with Crippen molar-refractivity contribution in [1.29, 1.82) is 0 Å². The monoisotopic (exact) mass is 199 g/mol. The number of nitrogens with two attached hydrogens (primary N) is 1. The zero-order valence-corrected chi connectivity index (χ0v) is 8.30. The van der Waals surface area contributed by atoms with E-state index in [2.05, 4.69) is 0 Å². The molecule has 3 nitrogen and oxygen atoms in total. The van der Waals surface area contributed by atoms with Gasteiger partial charge in [0.25, 0.3) is 0 Å². The van der Waals surface area contributed by atoms with E-state index in [1.54, 1.807) is 12.1 Å². The number of aliphatic hydroxyl groups is 1. The number of nitrogen functional groups attached to an aromatic ring is 1. The second-order valence-corrected chi connectivity index (χ2v) is 4.34. The fraction of sp³-hybridized carbons (Fsp3) is 0.333.